The Bertz CT molecular complexity index is 875. The molecule has 0 unspecified atom stereocenters. The smallest absolute Gasteiger partial charge is 0.273 e. The normalized spacial score (nSPS) is 13.8. The van der Waals surface area contributed by atoms with Crippen LogP contribution < -0.4 is 11.3 Å². The minimum Gasteiger partial charge on any atom is -0.384 e. The fourth-order valence-electron chi connectivity index (χ4n) is 2.89. The van der Waals surface area contributed by atoms with Crippen molar-refractivity contribution in [2.45, 2.75) is 19.3 Å². The summed E-state index contributed by atoms with van der Waals surface area (Å²) in [6.07, 6.45) is 3.48. The van der Waals surface area contributed by atoms with Gasteiger partial charge in [0.2, 0.25) is 0 Å². The van der Waals surface area contributed by atoms with Crippen LogP contribution in [0.15, 0.2) is 35.1 Å². The van der Waals surface area contributed by atoms with Gasteiger partial charge in [0.05, 0.1) is 5.69 Å². The predicted octanol–water partition coefficient (Wildman–Crippen LogP) is 1.76. The Morgan fingerprint density at radius 1 is 1.15 bits per heavy atom. The van der Waals surface area contributed by atoms with E-state index in [1.165, 1.54) is 22.1 Å². The van der Waals surface area contributed by atoms with Crippen LogP contribution in [0.5, 0.6) is 0 Å². The van der Waals surface area contributed by atoms with Crippen molar-refractivity contribution in [2.75, 3.05) is 5.73 Å². The predicted molar refractivity (Wildman–Crippen MR) is 77.7 cm³/mol. The number of H-pyrrole nitrogens is 1. The van der Waals surface area contributed by atoms with Gasteiger partial charge >= 0.3 is 0 Å². The maximum atomic E-state index is 12.1. The van der Waals surface area contributed by atoms with Crippen molar-refractivity contribution in [3.05, 3.63) is 51.8 Å². The number of anilines is 1. The lowest BCUT2D eigenvalue weighted by atomic mass is 10.0. The molecule has 5 heteroatoms. The molecule has 4 rings (SSSR count). The summed E-state index contributed by atoms with van der Waals surface area (Å²) in [7, 11) is 0. The number of nitrogens with two attached hydrogens (primary N) is 1. The maximum Gasteiger partial charge on any atom is 0.273 e. The molecule has 2 heterocycles. The number of benzene rings is 1. The van der Waals surface area contributed by atoms with Crippen LogP contribution in [0.1, 0.15) is 17.5 Å². The topological polar surface area (TPSA) is 76.2 Å². The van der Waals surface area contributed by atoms with Crippen LogP contribution in [0.4, 0.5) is 5.82 Å². The minimum absolute atomic E-state index is 0.151. The molecule has 20 heavy (non-hydrogen) atoms. The van der Waals surface area contributed by atoms with E-state index in [0.29, 0.717) is 17.2 Å². The van der Waals surface area contributed by atoms with Crippen molar-refractivity contribution >= 4 is 11.5 Å². The van der Waals surface area contributed by atoms with Crippen molar-refractivity contribution in [3.8, 4) is 11.3 Å². The van der Waals surface area contributed by atoms with E-state index in [0.717, 1.165) is 18.4 Å². The highest BCUT2D eigenvalue weighted by atomic mass is 16.1. The van der Waals surface area contributed by atoms with Gasteiger partial charge in [-0.25, -0.2) is 4.98 Å². The molecule has 1 aliphatic rings. The number of nitrogen functional groups attached to an aromatic ring is 1. The van der Waals surface area contributed by atoms with Crippen LogP contribution >= 0.6 is 0 Å². The second kappa shape index (κ2) is 3.96. The number of hydrogen-bond acceptors (Lipinski definition) is 3. The van der Waals surface area contributed by atoms with Gasteiger partial charge in [-0.05, 0) is 36.5 Å². The summed E-state index contributed by atoms with van der Waals surface area (Å²) in [6, 6.07) is 9.54. The average molecular weight is 266 g/mol. The van der Waals surface area contributed by atoms with Crippen molar-refractivity contribution in [3.63, 3.8) is 0 Å². The lowest BCUT2D eigenvalue weighted by Gasteiger charge is -2.04. The molecule has 2 aromatic heterocycles. The minimum atomic E-state index is -0.151. The number of rotatable bonds is 1. The maximum absolute atomic E-state index is 12.1. The number of fused-ring (bicyclic) bond motifs is 2. The summed E-state index contributed by atoms with van der Waals surface area (Å²) < 4.78 is 1.35. The van der Waals surface area contributed by atoms with E-state index in [-0.39, 0.29) is 5.56 Å². The number of nitrogens with zero attached hydrogens (tertiary/aromatic N) is 2. The summed E-state index contributed by atoms with van der Waals surface area (Å²) in [5, 5.41) is 2.77. The van der Waals surface area contributed by atoms with E-state index in [1.807, 2.05) is 6.07 Å². The van der Waals surface area contributed by atoms with E-state index in [4.69, 9.17) is 5.73 Å². The largest absolute Gasteiger partial charge is 0.384 e. The molecule has 0 aliphatic heterocycles. The van der Waals surface area contributed by atoms with Gasteiger partial charge in [0.25, 0.3) is 5.56 Å². The number of aromatic amines is 1. The molecule has 1 aromatic carbocycles. The molecule has 0 fully saturated rings. The van der Waals surface area contributed by atoms with E-state index in [2.05, 4.69) is 22.2 Å². The van der Waals surface area contributed by atoms with E-state index < -0.39 is 0 Å². The average Bonchev–Trinajstić information content (AvgIpc) is 3.03. The molecule has 100 valence electrons. The molecular formula is C15H14N4O. The number of hydrogen-bond donors (Lipinski definition) is 2. The van der Waals surface area contributed by atoms with Crippen molar-refractivity contribution in [1.29, 1.82) is 0 Å². The van der Waals surface area contributed by atoms with Crippen LogP contribution in [0.3, 0.4) is 0 Å². The van der Waals surface area contributed by atoms with Crippen LogP contribution in [-0.2, 0) is 12.8 Å². The molecule has 0 saturated heterocycles. The summed E-state index contributed by atoms with van der Waals surface area (Å²) in [4.78, 5) is 16.6. The van der Waals surface area contributed by atoms with Gasteiger partial charge in [-0.1, -0.05) is 12.1 Å². The Labute approximate surface area is 115 Å². The first-order chi connectivity index (χ1) is 9.70. The first-order valence-corrected chi connectivity index (χ1v) is 6.71. The Morgan fingerprint density at radius 2 is 2.00 bits per heavy atom. The van der Waals surface area contributed by atoms with Gasteiger partial charge in [0.15, 0.2) is 5.65 Å². The molecule has 0 amide bonds. The lowest BCUT2D eigenvalue weighted by molar-refractivity contribution is 0.906. The molecule has 0 bridgehead atoms. The van der Waals surface area contributed by atoms with Crippen LogP contribution in [-0.4, -0.2) is 14.6 Å². The monoisotopic (exact) mass is 266 g/mol. The third-order valence-electron chi connectivity index (χ3n) is 3.86. The lowest BCUT2D eigenvalue weighted by Crippen LogP contribution is -2.14. The molecule has 5 nitrogen and oxygen atoms in total. The highest BCUT2D eigenvalue weighted by molar-refractivity contribution is 5.64. The molecule has 0 saturated carbocycles. The highest BCUT2D eigenvalue weighted by Crippen LogP contribution is 2.27. The van der Waals surface area contributed by atoms with Gasteiger partial charge in [-0.2, -0.15) is 4.52 Å². The van der Waals surface area contributed by atoms with Crippen LogP contribution in [0, 0.1) is 0 Å². The number of nitrogens with one attached hydrogen (secondary N) is 1. The van der Waals surface area contributed by atoms with Crippen LogP contribution in [0.2, 0.25) is 0 Å². The zero-order valence-electron chi connectivity index (χ0n) is 10.9. The van der Waals surface area contributed by atoms with Gasteiger partial charge in [0.1, 0.15) is 5.82 Å². The molecule has 0 spiro atoms. The standard InChI is InChI=1S/C15H14N4O/c16-13-8-14-17-12(7-15(20)19(14)18-13)11-5-4-9-2-1-3-10(9)6-11/h4-8,18H,1-3,16H2. The summed E-state index contributed by atoms with van der Waals surface area (Å²) in [5.41, 5.74) is 10.5. The first-order valence-electron chi connectivity index (χ1n) is 6.71. The van der Waals surface area contributed by atoms with Crippen molar-refractivity contribution < 1.29 is 0 Å². The van der Waals surface area contributed by atoms with Gasteiger partial charge in [-0.15, -0.1) is 0 Å². The van der Waals surface area contributed by atoms with E-state index >= 15 is 0 Å². The highest BCUT2D eigenvalue weighted by Gasteiger charge is 2.13. The fraction of sp³-hybridized carbons (Fsp3) is 0.200. The van der Waals surface area contributed by atoms with Crippen molar-refractivity contribution in [1.82, 2.24) is 14.6 Å². The molecule has 3 N–H and O–H groups in total. The fourth-order valence-corrected chi connectivity index (χ4v) is 2.89. The quantitative estimate of drug-likeness (QED) is 0.704. The second-order valence-electron chi connectivity index (χ2n) is 5.22. The second-order valence-corrected chi connectivity index (χ2v) is 5.22. The Morgan fingerprint density at radius 3 is 2.90 bits per heavy atom. The molecule has 3 aromatic rings. The molecule has 1 aliphatic carbocycles. The third-order valence-corrected chi connectivity index (χ3v) is 3.86. The number of aryl methyl sites for hydroxylation is 2. The van der Waals surface area contributed by atoms with E-state index in [1.54, 1.807) is 12.1 Å². The zero-order valence-corrected chi connectivity index (χ0v) is 10.9. The number of aromatic nitrogens is 3. The van der Waals surface area contributed by atoms with Crippen LogP contribution in [0.25, 0.3) is 16.9 Å². The van der Waals surface area contributed by atoms with Gasteiger partial charge < -0.3 is 5.73 Å². The zero-order chi connectivity index (χ0) is 13.7. The molecular weight excluding hydrogens is 252 g/mol. The summed E-state index contributed by atoms with van der Waals surface area (Å²) in [5.74, 6) is 0.431. The summed E-state index contributed by atoms with van der Waals surface area (Å²) in [6.45, 7) is 0. The molecule has 0 radical (unpaired) electrons. The Kier molecular flexibility index (Phi) is 2.24. The third kappa shape index (κ3) is 1.63. The van der Waals surface area contributed by atoms with Gasteiger partial charge in [0, 0.05) is 17.7 Å². The molecule has 0 atom stereocenters. The first kappa shape index (κ1) is 11.3. The SMILES string of the molecule is Nc1cc2nc(-c3ccc4c(c3)CCC4)cc(=O)n2[nH]1. The Balaban J connectivity index is 1.91. The Hall–Kier alpha value is -2.56. The van der Waals surface area contributed by atoms with Gasteiger partial charge in [-0.3, -0.25) is 9.89 Å². The van der Waals surface area contributed by atoms with E-state index in [9.17, 15) is 4.79 Å². The van der Waals surface area contributed by atoms with Crippen molar-refractivity contribution in [2.24, 2.45) is 0 Å². The summed E-state index contributed by atoms with van der Waals surface area (Å²) >= 11 is 0.